The topological polar surface area (TPSA) is 50.1 Å². The van der Waals surface area contributed by atoms with E-state index in [0.29, 0.717) is 5.92 Å². The van der Waals surface area contributed by atoms with Crippen LogP contribution in [0.5, 0.6) is 0 Å². The fraction of sp³-hybridized carbons (Fsp3) is 0.500. The molecule has 1 aromatic heterocycles. The smallest absolute Gasteiger partial charge is 0.0955 e. The van der Waals surface area contributed by atoms with Gasteiger partial charge in [0.05, 0.1) is 24.0 Å². The summed E-state index contributed by atoms with van der Waals surface area (Å²) in [5.41, 5.74) is 3.35. The van der Waals surface area contributed by atoms with Crippen molar-refractivity contribution in [1.82, 2.24) is 14.9 Å². The molecule has 2 aromatic rings. The van der Waals surface area contributed by atoms with E-state index in [0.717, 1.165) is 17.6 Å². The Hall–Kier alpha value is -1.39. The molecule has 0 bridgehead atoms. The summed E-state index contributed by atoms with van der Waals surface area (Å²) in [4.78, 5) is 4.35. The molecule has 98 valence electrons. The molecule has 0 saturated heterocycles. The number of aromatic nitrogens is 2. The van der Waals surface area contributed by atoms with E-state index < -0.39 is 0 Å². The second-order valence-electron chi connectivity index (χ2n) is 5.09. The Morgan fingerprint density at radius 3 is 2.83 bits per heavy atom. The number of aliphatic hydroxyl groups excluding tert-OH is 1. The summed E-state index contributed by atoms with van der Waals surface area (Å²) in [6.07, 6.45) is 1.83. The molecular formula is C14H21N3O. The molecular weight excluding hydrogens is 226 g/mol. The van der Waals surface area contributed by atoms with Crippen molar-refractivity contribution in [3.8, 4) is 0 Å². The van der Waals surface area contributed by atoms with Crippen molar-refractivity contribution in [3.05, 3.63) is 30.1 Å². The summed E-state index contributed by atoms with van der Waals surface area (Å²) in [7, 11) is 1.99. The second-order valence-corrected chi connectivity index (χ2v) is 5.09. The first-order valence-electron chi connectivity index (χ1n) is 6.36. The highest BCUT2D eigenvalue weighted by Gasteiger charge is 2.11. The number of imidazole rings is 1. The van der Waals surface area contributed by atoms with Gasteiger partial charge < -0.3 is 15.0 Å². The van der Waals surface area contributed by atoms with E-state index in [1.807, 2.05) is 17.9 Å². The number of rotatable bonds is 5. The lowest BCUT2D eigenvalue weighted by Crippen LogP contribution is -2.36. The predicted molar refractivity (Wildman–Crippen MR) is 73.3 cm³/mol. The zero-order valence-electron chi connectivity index (χ0n) is 11.2. The lowest BCUT2D eigenvalue weighted by molar-refractivity contribution is 0.210. The Morgan fingerprint density at radius 2 is 2.17 bits per heavy atom. The molecule has 2 rings (SSSR count). The molecule has 4 nitrogen and oxygen atoms in total. The number of benzene rings is 1. The average molecular weight is 247 g/mol. The van der Waals surface area contributed by atoms with Crippen molar-refractivity contribution in [2.45, 2.75) is 26.4 Å². The van der Waals surface area contributed by atoms with E-state index in [1.165, 1.54) is 5.56 Å². The van der Waals surface area contributed by atoms with Crippen molar-refractivity contribution in [2.75, 3.05) is 6.61 Å². The standard InChI is InChI=1S/C14H21N3O/c1-10(2)13(8-18)15-7-11-4-5-14-12(6-11)16-9-17(14)3/h4-6,9-10,13,15,18H,7-8H2,1-3H3. The summed E-state index contributed by atoms with van der Waals surface area (Å²) < 4.78 is 2.01. The van der Waals surface area contributed by atoms with Gasteiger partial charge >= 0.3 is 0 Å². The van der Waals surface area contributed by atoms with E-state index in [4.69, 9.17) is 0 Å². The monoisotopic (exact) mass is 247 g/mol. The number of aryl methyl sites for hydroxylation is 1. The largest absolute Gasteiger partial charge is 0.395 e. The molecule has 0 amide bonds. The first-order chi connectivity index (χ1) is 8.61. The van der Waals surface area contributed by atoms with Crippen LogP contribution in [-0.2, 0) is 13.6 Å². The number of nitrogens with zero attached hydrogens (tertiary/aromatic N) is 2. The molecule has 0 fully saturated rings. The van der Waals surface area contributed by atoms with E-state index in [2.05, 4.69) is 42.3 Å². The Bertz CT molecular complexity index is 519. The number of hydrogen-bond acceptors (Lipinski definition) is 3. The fourth-order valence-corrected chi connectivity index (χ4v) is 2.05. The predicted octanol–water partition coefficient (Wildman–Crippen LogP) is 1.68. The lowest BCUT2D eigenvalue weighted by Gasteiger charge is -2.19. The van der Waals surface area contributed by atoms with Crippen LogP contribution < -0.4 is 5.32 Å². The van der Waals surface area contributed by atoms with Crippen molar-refractivity contribution in [3.63, 3.8) is 0 Å². The Balaban J connectivity index is 2.08. The molecule has 0 spiro atoms. The van der Waals surface area contributed by atoms with Crippen LogP contribution in [0.1, 0.15) is 19.4 Å². The van der Waals surface area contributed by atoms with Crippen molar-refractivity contribution < 1.29 is 5.11 Å². The minimum absolute atomic E-state index is 0.143. The fourth-order valence-electron chi connectivity index (χ4n) is 2.05. The molecule has 0 saturated carbocycles. The van der Waals surface area contributed by atoms with Crippen LogP contribution in [0, 0.1) is 5.92 Å². The van der Waals surface area contributed by atoms with Crippen LogP contribution >= 0.6 is 0 Å². The molecule has 0 radical (unpaired) electrons. The van der Waals surface area contributed by atoms with Gasteiger partial charge in [0.25, 0.3) is 0 Å². The van der Waals surface area contributed by atoms with Gasteiger partial charge in [-0.1, -0.05) is 19.9 Å². The van der Waals surface area contributed by atoms with Gasteiger partial charge in [-0.15, -0.1) is 0 Å². The maximum absolute atomic E-state index is 9.27. The van der Waals surface area contributed by atoms with Crippen molar-refractivity contribution >= 4 is 11.0 Å². The van der Waals surface area contributed by atoms with Crippen LogP contribution in [0.4, 0.5) is 0 Å². The second kappa shape index (κ2) is 5.50. The zero-order valence-corrected chi connectivity index (χ0v) is 11.2. The molecule has 0 aliphatic heterocycles. The van der Waals surface area contributed by atoms with Crippen molar-refractivity contribution in [2.24, 2.45) is 13.0 Å². The minimum Gasteiger partial charge on any atom is -0.395 e. The van der Waals surface area contributed by atoms with Gasteiger partial charge in [0, 0.05) is 19.6 Å². The molecule has 1 aromatic carbocycles. The molecule has 18 heavy (non-hydrogen) atoms. The maximum Gasteiger partial charge on any atom is 0.0955 e. The summed E-state index contributed by atoms with van der Waals surface area (Å²) in [6.45, 7) is 5.14. The highest BCUT2D eigenvalue weighted by atomic mass is 16.3. The number of aliphatic hydroxyl groups is 1. The van der Waals surface area contributed by atoms with Gasteiger partial charge in [0.1, 0.15) is 0 Å². The van der Waals surface area contributed by atoms with Gasteiger partial charge in [0.15, 0.2) is 0 Å². The van der Waals surface area contributed by atoms with Crippen LogP contribution in [-0.4, -0.2) is 27.3 Å². The Morgan fingerprint density at radius 1 is 1.39 bits per heavy atom. The van der Waals surface area contributed by atoms with Crippen LogP contribution in [0.3, 0.4) is 0 Å². The van der Waals surface area contributed by atoms with Gasteiger partial charge in [-0.05, 0) is 23.6 Å². The molecule has 4 heteroatoms. The van der Waals surface area contributed by atoms with Crippen LogP contribution in [0.15, 0.2) is 24.5 Å². The van der Waals surface area contributed by atoms with E-state index >= 15 is 0 Å². The minimum atomic E-state index is 0.143. The highest BCUT2D eigenvalue weighted by molar-refractivity contribution is 5.75. The SMILES string of the molecule is CC(C)C(CO)NCc1ccc2c(c1)ncn2C. The molecule has 1 atom stereocenters. The molecule has 2 N–H and O–H groups in total. The van der Waals surface area contributed by atoms with Gasteiger partial charge in [-0.25, -0.2) is 4.98 Å². The Labute approximate surface area is 108 Å². The van der Waals surface area contributed by atoms with Gasteiger partial charge in [-0.3, -0.25) is 0 Å². The summed E-state index contributed by atoms with van der Waals surface area (Å²) >= 11 is 0. The lowest BCUT2D eigenvalue weighted by atomic mass is 10.0. The van der Waals surface area contributed by atoms with Crippen molar-refractivity contribution in [1.29, 1.82) is 0 Å². The number of fused-ring (bicyclic) bond motifs is 1. The van der Waals surface area contributed by atoms with Gasteiger partial charge in [-0.2, -0.15) is 0 Å². The van der Waals surface area contributed by atoms with Crippen LogP contribution in [0.25, 0.3) is 11.0 Å². The quantitative estimate of drug-likeness (QED) is 0.845. The number of hydrogen-bond donors (Lipinski definition) is 2. The van der Waals surface area contributed by atoms with Gasteiger partial charge in [0.2, 0.25) is 0 Å². The van der Waals surface area contributed by atoms with E-state index in [9.17, 15) is 5.11 Å². The number of nitrogens with one attached hydrogen (secondary N) is 1. The Kier molecular flexibility index (Phi) is 3.99. The molecule has 0 aliphatic rings. The summed E-state index contributed by atoms with van der Waals surface area (Å²) in [5.74, 6) is 0.425. The molecule has 1 unspecified atom stereocenters. The summed E-state index contributed by atoms with van der Waals surface area (Å²) in [5, 5.41) is 12.6. The van der Waals surface area contributed by atoms with E-state index in [-0.39, 0.29) is 12.6 Å². The third kappa shape index (κ3) is 2.71. The normalized spacial score (nSPS) is 13.4. The third-order valence-electron chi connectivity index (χ3n) is 3.36. The first-order valence-corrected chi connectivity index (χ1v) is 6.36. The first kappa shape index (κ1) is 13.1. The zero-order chi connectivity index (χ0) is 13.1. The average Bonchev–Trinajstić information content (AvgIpc) is 2.71. The summed E-state index contributed by atoms with van der Waals surface area (Å²) in [6, 6.07) is 6.43. The molecule has 1 heterocycles. The maximum atomic E-state index is 9.27. The highest BCUT2D eigenvalue weighted by Crippen LogP contribution is 2.14. The molecule has 0 aliphatic carbocycles. The van der Waals surface area contributed by atoms with E-state index in [1.54, 1.807) is 0 Å². The third-order valence-corrected chi connectivity index (χ3v) is 3.36. The van der Waals surface area contributed by atoms with Crippen LogP contribution in [0.2, 0.25) is 0 Å².